The first-order valence-electron chi connectivity index (χ1n) is 9.61. The zero-order valence-corrected chi connectivity index (χ0v) is 16.1. The van der Waals surface area contributed by atoms with Gasteiger partial charge in [0.2, 0.25) is 11.8 Å². The van der Waals surface area contributed by atoms with E-state index in [-0.39, 0.29) is 17.9 Å². The zero-order valence-electron chi connectivity index (χ0n) is 16.1. The second kappa shape index (κ2) is 8.32. The Balaban J connectivity index is 1.54. The molecule has 0 spiro atoms. The Labute approximate surface area is 168 Å². The van der Waals surface area contributed by atoms with Crippen molar-refractivity contribution in [3.05, 3.63) is 60.4 Å². The van der Waals surface area contributed by atoms with Gasteiger partial charge in [0.25, 0.3) is 0 Å². The van der Waals surface area contributed by atoms with Gasteiger partial charge in [-0.3, -0.25) is 14.9 Å². The van der Waals surface area contributed by atoms with Gasteiger partial charge in [0, 0.05) is 24.9 Å². The summed E-state index contributed by atoms with van der Waals surface area (Å²) in [6.45, 7) is 1.93. The summed E-state index contributed by atoms with van der Waals surface area (Å²) >= 11 is 0. The number of carbonyl (C=O) groups excluding carboxylic acids is 2. The Morgan fingerprint density at radius 2 is 2.10 bits per heavy atom. The summed E-state index contributed by atoms with van der Waals surface area (Å²) in [4.78, 5) is 24.5. The van der Waals surface area contributed by atoms with Crippen LogP contribution in [-0.4, -0.2) is 27.6 Å². The van der Waals surface area contributed by atoms with Gasteiger partial charge in [0.05, 0.1) is 6.26 Å². The molecule has 0 saturated carbocycles. The average Bonchev–Trinajstić information content (AvgIpc) is 3.36. The molecule has 8 heteroatoms. The lowest BCUT2D eigenvalue weighted by Gasteiger charge is -2.30. The summed E-state index contributed by atoms with van der Waals surface area (Å²) in [6, 6.07) is 15.2. The van der Waals surface area contributed by atoms with Gasteiger partial charge in [-0.2, -0.15) is 5.10 Å². The number of nitrogens with zero attached hydrogens (tertiary/aromatic N) is 2. The topological polar surface area (TPSA) is 101 Å². The molecule has 29 heavy (non-hydrogen) atoms. The maximum absolute atomic E-state index is 12.6. The molecule has 1 fully saturated rings. The van der Waals surface area contributed by atoms with Crippen LogP contribution in [0, 0.1) is 0 Å². The number of anilines is 1. The summed E-state index contributed by atoms with van der Waals surface area (Å²) in [5.41, 5.74) is 1.67. The minimum absolute atomic E-state index is 0.00774. The second-order valence-electron chi connectivity index (χ2n) is 7.11. The van der Waals surface area contributed by atoms with E-state index in [9.17, 15) is 9.59 Å². The fourth-order valence-corrected chi connectivity index (χ4v) is 3.33. The largest absolute Gasteiger partial charge is 0.463 e. The van der Waals surface area contributed by atoms with Crippen LogP contribution in [0.25, 0.3) is 11.5 Å². The van der Waals surface area contributed by atoms with E-state index in [2.05, 4.69) is 21.0 Å². The molecule has 1 saturated heterocycles. The highest BCUT2D eigenvalue weighted by atomic mass is 16.3. The first-order chi connectivity index (χ1) is 14.1. The molecule has 3 aromatic rings. The minimum atomic E-state index is -0.556. The van der Waals surface area contributed by atoms with Crippen LogP contribution < -0.4 is 16.0 Å². The highest BCUT2D eigenvalue weighted by molar-refractivity contribution is 5.90. The van der Waals surface area contributed by atoms with Crippen molar-refractivity contribution in [2.75, 3.05) is 5.32 Å². The van der Waals surface area contributed by atoms with Crippen LogP contribution in [0.5, 0.6) is 0 Å². The third-order valence-corrected chi connectivity index (χ3v) is 4.74. The van der Waals surface area contributed by atoms with E-state index < -0.39 is 6.29 Å². The maximum Gasteiger partial charge on any atom is 0.225 e. The van der Waals surface area contributed by atoms with E-state index in [0.717, 1.165) is 5.56 Å². The Hall–Kier alpha value is -3.39. The van der Waals surface area contributed by atoms with Crippen LogP contribution in [0.3, 0.4) is 0 Å². The zero-order chi connectivity index (χ0) is 20.2. The van der Waals surface area contributed by atoms with Crippen LogP contribution in [0.1, 0.15) is 31.6 Å². The van der Waals surface area contributed by atoms with Crippen molar-refractivity contribution in [2.45, 2.75) is 38.5 Å². The highest BCUT2D eigenvalue weighted by Crippen LogP contribution is 2.25. The molecule has 4 rings (SSSR count). The first kappa shape index (κ1) is 18.9. The number of benzene rings is 1. The normalized spacial score (nSPS) is 19.0. The standard InChI is InChI=1S/C21H23N5O3/c1-14-12-20(28)24-21(22-14)26-18(13-16(25-26)17-8-5-11-29-17)23-19(27)10-9-15-6-3-2-4-7-15/h2-8,11,13-14,21-22H,9-10,12H2,1H3,(H,23,27)(H,24,28). The van der Waals surface area contributed by atoms with Crippen LogP contribution in [0.15, 0.2) is 59.2 Å². The van der Waals surface area contributed by atoms with Crippen LogP contribution in [0.4, 0.5) is 5.82 Å². The number of carbonyl (C=O) groups is 2. The average molecular weight is 393 g/mol. The molecular weight excluding hydrogens is 370 g/mol. The molecule has 150 valence electrons. The lowest BCUT2D eigenvalue weighted by Crippen LogP contribution is -2.52. The van der Waals surface area contributed by atoms with Gasteiger partial charge in [-0.05, 0) is 31.0 Å². The SMILES string of the molecule is CC1CC(=O)NC(n2nc(-c3ccco3)cc2NC(=O)CCc2ccccc2)N1. The number of rotatable bonds is 6. The van der Waals surface area contributed by atoms with Crippen molar-refractivity contribution in [3.63, 3.8) is 0 Å². The molecule has 2 unspecified atom stereocenters. The summed E-state index contributed by atoms with van der Waals surface area (Å²) < 4.78 is 7.01. The molecule has 2 amide bonds. The Kier molecular flexibility index (Phi) is 5.44. The Morgan fingerprint density at radius 1 is 1.28 bits per heavy atom. The predicted octanol–water partition coefficient (Wildman–Crippen LogP) is 2.67. The number of hydrogen-bond donors (Lipinski definition) is 3. The molecule has 2 aromatic heterocycles. The smallest absolute Gasteiger partial charge is 0.225 e. The number of aryl methyl sites for hydroxylation is 1. The van der Waals surface area contributed by atoms with Crippen molar-refractivity contribution in [1.29, 1.82) is 0 Å². The fourth-order valence-electron chi connectivity index (χ4n) is 3.33. The fraction of sp³-hybridized carbons (Fsp3) is 0.286. The maximum atomic E-state index is 12.6. The molecule has 0 radical (unpaired) electrons. The minimum Gasteiger partial charge on any atom is -0.463 e. The number of furan rings is 1. The van der Waals surface area contributed by atoms with E-state index in [1.54, 1.807) is 29.1 Å². The predicted molar refractivity (Wildman–Crippen MR) is 108 cm³/mol. The van der Waals surface area contributed by atoms with Gasteiger partial charge >= 0.3 is 0 Å². The molecule has 3 heterocycles. The lowest BCUT2D eigenvalue weighted by molar-refractivity contribution is -0.125. The first-order valence-corrected chi connectivity index (χ1v) is 9.61. The van der Waals surface area contributed by atoms with Crippen molar-refractivity contribution < 1.29 is 14.0 Å². The molecule has 0 aliphatic carbocycles. The van der Waals surface area contributed by atoms with E-state index >= 15 is 0 Å². The third-order valence-electron chi connectivity index (χ3n) is 4.74. The summed E-state index contributed by atoms with van der Waals surface area (Å²) in [5.74, 6) is 0.869. The Bertz CT molecular complexity index is 981. The van der Waals surface area contributed by atoms with Crippen LogP contribution in [0.2, 0.25) is 0 Å². The van der Waals surface area contributed by atoms with Gasteiger partial charge in [-0.25, -0.2) is 4.68 Å². The summed E-state index contributed by atoms with van der Waals surface area (Å²) in [7, 11) is 0. The van der Waals surface area contributed by atoms with E-state index in [1.807, 2.05) is 37.3 Å². The molecule has 0 bridgehead atoms. The van der Waals surface area contributed by atoms with Gasteiger partial charge in [0.1, 0.15) is 11.5 Å². The monoisotopic (exact) mass is 393 g/mol. The van der Waals surface area contributed by atoms with E-state index in [0.29, 0.717) is 36.5 Å². The third kappa shape index (κ3) is 4.55. The molecule has 1 aromatic carbocycles. The van der Waals surface area contributed by atoms with Crippen molar-refractivity contribution in [2.24, 2.45) is 0 Å². The molecule has 8 nitrogen and oxygen atoms in total. The molecule has 2 atom stereocenters. The Morgan fingerprint density at radius 3 is 2.83 bits per heavy atom. The number of nitrogens with one attached hydrogen (secondary N) is 3. The quantitative estimate of drug-likeness (QED) is 0.598. The van der Waals surface area contributed by atoms with Gasteiger partial charge < -0.3 is 15.1 Å². The molecule has 3 N–H and O–H groups in total. The number of aromatic nitrogens is 2. The van der Waals surface area contributed by atoms with Gasteiger partial charge in [-0.15, -0.1) is 0 Å². The molecule has 1 aliphatic rings. The summed E-state index contributed by atoms with van der Waals surface area (Å²) in [5, 5.41) is 13.6. The van der Waals surface area contributed by atoms with Crippen LogP contribution >= 0.6 is 0 Å². The van der Waals surface area contributed by atoms with Crippen molar-refractivity contribution in [1.82, 2.24) is 20.4 Å². The van der Waals surface area contributed by atoms with Crippen molar-refractivity contribution >= 4 is 17.6 Å². The molecular formula is C21H23N5O3. The molecule has 1 aliphatic heterocycles. The van der Waals surface area contributed by atoms with Gasteiger partial charge in [0.15, 0.2) is 12.0 Å². The van der Waals surface area contributed by atoms with Crippen LogP contribution in [-0.2, 0) is 16.0 Å². The highest BCUT2D eigenvalue weighted by Gasteiger charge is 2.27. The number of hydrogen-bond acceptors (Lipinski definition) is 5. The van der Waals surface area contributed by atoms with E-state index in [1.165, 1.54) is 0 Å². The lowest BCUT2D eigenvalue weighted by atomic mass is 10.1. The van der Waals surface area contributed by atoms with E-state index in [4.69, 9.17) is 4.42 Å². The second-order valence-corrected chi connectivity index (χ2v) is 7.11. The number of amides is 2. The van der Waals surface area contributed by atoms with Gasteiger partial charge in [-0.1, -0.05) is 30.3 Å². The summed E-state index contributed by atoms with van der Waals surface area (Å²) in [6.07, 6.45) is 2.38. The van der Waals surface area contributed by atoms with Crippen molar-refractivity contribution in [3.8, 4) is 11.5 Å².